The van der Waals surface area contributed by atoms with E-state index in [4.69, 9.17) is 9.47 Å². The summed E-state index contributed by atoms with van der Waals surface area (Å²) in [5.74, 6) is 0.0726. The molecule has 4 heteroatoms. The van der Waals surface area contributed by atoms with Gasteiger partial charge in [0.05, 0.1) is 6.61 Å². The number of esters is 2. The van der Waals surface area contributed by atoms with E-state index in [2.05, 4.69) is 6.92 Å². The zero-order valence-corrected chi connectivity index (χ0v) is 14.3. The summed E-state index contributed by atoms with van der Waals surface area (Å²) in [6.07, 6.45) is 6.10. The zero-order valence-electron chi connectivity index (χ0n) is 14.3. The Morgan fingerprint density at radius 3 is 2.39 bits per heavy atom. The highest BCUT2D eigenvalue weighted by atomic mass is 16.5. The van der Waals surface area contributed by atoms with Gasteiger partial charge in [-0.25, -0.2) is 0 Å². The Balaban J connectivity index is 2.17. The number of para-hydroxylation sites is 1. The van der Waals surface area contributed by atoms with Crippen LogP contribution in [0.5, 0.6) is 5.75 Å². The SMILES string of the molecule is CCCCCCOC(=O)CCCC(=O)Oc1ccccc1CC. The summed E-state index contributed by atoms with van der Waals surface area (Å²) in [6.45, 7) is 4.64. The third-order valence-electron chi connectivity index (χ3n) is 3.60. The van der Waals surface area contributed by atoms with Crippen LogP contribution < -0.4 is 4.74 Å². The van der Waals surface area contributed by atoms with Crippen LogP contribution in [0, 0.1) is 0 Å². The summed E-state index contributed by atoms with van der Waals surface area (Å²) < 4.78 is 10.5. The molecule has 0 heterocycles. The number of carbonyl (C=O) groups is 2. The largest absolute Gasteiger partial charge is 0.466 e. The van der Waals surface area contributed by atoms with Gasteiger partial charge in [-0.3, -0.25) is 9.59 Å². The molecule has 0 spiro atoms. The van der Waals surface area contributed by atoms with Gasteiger partial charge in [0.25, 0.3) is 0 Å². The van der Waals surface area contributed by atoms with Gasteiger partial charge in [0.2, 0.25) is 0 Å². The number of hydrogen-bond donors (Lipinski definition) is 0. The fourth-order valence-corrected chi connectivity index (χ4v) is 2.23. The molecule has 0 aliphatic carbocycles. The predicted octanol–water partition coefficient (Wildman–Crippen LogP) is 4.45. The van der Waals surface area contributed by atoms with Gasteiger partial charge in [-0.05, 0) is 30.9 Å². The summed E-state index contributed by atoms with van der Waals surface area (Å²) >= 11 is 0. The first kappa shape index (κ1) is 19.2. The molecule has 0 atom stereocenters. The molecule has 0 aliphatic rings. The van der Waals surface area contributed by atoms with E-state index in [0.29, 0.717) is 18.8 Å². The second kappa shape index (κ2) is 11.7. The lowest BCUT2D eigenvalue weighted by molar-refractivity contribution is -0.144. The first-order valence-corrected chi connectivity index (χ1v) is 8.61. The minimum absolute atomic E-state index is 0.225. The molecule has 0 aromatic heterocycles. The van der Waals surface area contributed by atoms with Crippen molar-refractivity contribution < 1.29 is 19.1 Å². The molecule has 128 valence electrons. The molecule has 1 rings (SSSR count). The van der Waals surface area contributed by atoms with Crippen LogP contribution in [0.15, 0.2) is 24.3 Å². The van der Waals surface area contributed by atoms with Crippen LogP contribution in [0.1, 0.15) is 64.4 Å². The van der Waals surface area contributed by atoms with Crippen molar-refractivity contribution in [2.75, 3.05) is 6.61 Å². The molecule has 1 aromatic carbocycles. The molecule has 0 N–H and O–H groups in total. The molecule has 0 radical (unpaired) electrons. The van der Waals surface area contributed by atoms with E-state index in [0.717, 1.165) is 31.2 Å². The topological polar surface area (TPSA) is 52.6 Å². The third-order valence-corrected chi connectivity index (χ3v) is 3.60. The smallest absolute Gasteiger partial charge is 0.311 e. The van der Waals surface area contributed by atoms with E-state index < -0.39 is 0 Å². The summed E-state index contributed by atoms with van der Waals surface area (Å²) in [6, 6.07) is 7.50. The lowest BCUT2D eigenvalue weighted by Gasteiger charge is -2.08. The van der Waals surface area contributed by atoms with Crippen molar-refractivity contribution in [3.05, 3.63) is 29.8 Å². The van der Waals surface area contributed by atoms with Gasteiger partial charge >= 0.3 is 11.9 Å². The number of carbonyl (C=O) groups excluding carboxylic acids is 2. The second-order valence-corrected chi connectivity index (χ2v) is 5.57. The molecule has 0 bridgehead atoms. The van der Waals surface area contributed by atoms with E-state index in [1.807, 2.05) is 25.1 Å². The third kappa shape index (κ3) is 8.38. The van der Waals surface area contributed by atoms with Crippen LogP contribution in [0.4, 0.5) is 0 Å². The predicted molar refractivity (Wildman–Crippen MR) is 90.4 cm³/mol. The fourth-order valence-electron chi connectivity index (χ4n) is 2.23. The Labute approximate surface area is 139 Å². The Morgan fingerprint density at radius 1 is 0.913 bits per heavy atom. The fraction of sp³-hybridized carbons (Fsp3) is 0.579. The van der Waals surface area contributed by atoms with E-state index in [1.165, 1.54) is 6.42 Å². The van der Waals surface area contributed by atoms with Crippen molar-refractivity contribution in [1.82, 2.24) is 0 Å². The molecule has 0 amide bonds. The number of unbranched alkanes of at least 4 members (excludes halogenated alkanes) is 3. The molecule has 0 fully saturated rings. The maximum atomic E-state index is 11.8. The molecule has 0 saturated heterocycles. The highest BCUT2D eigenvalue weighted by molar-refractivity contribution is 5.74. The maximum absolute atomic E-state index is 11.8. The maximum Gasteiger partial charge on any atom is 0.311 e. The molecule has 1 aromatic rings. The van der Waals surface area contributed by atoms with Gasteiger partial charge < -0.3 is 9.47 Å². The van der Waals surface area contributed by atoms with E-state index in [-0.39, 0.29) is 24.8 Å². The Kier molecular flexibility index (Phi) is 9.76. The highest BCUT2D eigenvalue weighted by Crippen LogP contribution is 2.19. The summed E-state index contributed by atoms with van der Waals surface area (Å²) in [5.41, 5.74) is 1.01. The van der Waals surface area contributed by atoms with Gasteiger partial charge in [-0.15, -0.1) is 0 Å². The molecule has 0 saturated carbocycles. The van der Waals surface area contributed by atoms with E-state index in [1.54, 1.807) is 6.07 Å². The average molecular weight is 320 g/mol. The minimum atomic E-state index is -0.304. The van der Waals surface area contributed by atoms with E-state index >= 15 is 0 Å². The van der Waals surface area contributed by atoms with Crippen molar-refractivity contribution in [3.8, 4) is 5.75 Å². The van der Waals surface area contributed by atoms with Gasteiger partial charge in [-0.2, -0.15) is 0 Å². The van der Waals surface area contributed by atoms with Crippen molar-refractivity contribution in [1.29, 1.82) is 0 Å². The van der Waals surface area contributed by atoms with Gasteiger partial charge in [0.15, 0.2) is 0 Å². The van der Waals surface area contributed by atoms with Gasteiger partial charge in [0, 0.05) is 12.8 Å². The second-order valence-electron chi connectivity index (χ2n) is 5.57. The van der Waals surface area contributed by atoms with Crippen molar-refractivity contribution in [3.63, 3.8) is 0 Å². The molecule has 0 unspecified atom stereocenters. The number of benzene rings is 1. The standard InChI is InChI=1S/C19H28O4/c1-3-5-6-9-15-22-18(20)13-10-14-19(21)23-17-12-8-7-11-16(17)4-2/h7-8,11-12H,3-6,9-10,13-15H2,1-2H3. The highest BCUT2D eigenvalue weighted by Gasteiger charge is 2.10. The van der Waals surface area contributed by atoms with Crippen molar-refractivity contribution in [2.24, 2.45) is 0 Å². The number of hydrogen-bond acceptors (Lipinski definition) is 4. The Morgan fingerprint density at radius 2 is 1.65 bits per heavy atom. The molecule has 4 nitrogen and oxygen atoms in total. The lowest BCUT2D eigenvalue weighted by atomic mass is 10.1. The molecule has 0 aliphatic heterocycles. The lowest BCUT2D eigenvalue weighted by Crippen LogP contribution is -2.11. The minimum Gasteiger partial charge on any atom is -0.466 e. The molecular formula is C19H28O4. The first-order valence-electron chi connectivity index (χ1n) is 8.61. The number of rotatable bonds is 11. The summed E-state index contributed by atoms with van der Waals surface area (Å²) in [5, 5.41) is 0. The van der Waals surface area contributed by atoms with Crippen LogP contribution in [-0.4, -0.2) is 18.5 Å². The van der Waals surface area contributed by atoms with Crippen LogP contribution >= 0.6 is 0 Å². The summed E-state index contributed by atoms with van der Waals surface area (Å²) in [7, 11) is 0. The molecule has 23 heavy (non-hydrogen) atoms. The van der Waals surface area contributed by atoms with Crippen molar-refractivity contribution in [2.45, 2.75) is 65.2 Å². The van der Waals surface area contributed by atoms with Gasteiger partial charge in [0.1, 0.15) is 5.75 Å². The number of aryl methyl sites for hydroxylation is 1. The van der Waals surface area contributed by atoms with Gasteiger partial charge in [-0.1, -0.05) is 51.3 Å². The van der Waals surface area contributed by atoms with E-state index in [9.17, 15) is 9.59 Å². The Hall–Kier alpha value is -1.84. The average Bonchev–Trinajstić information content (AvgIpc) is 2.55. The Bertz CT molecular complexity index is 482. The first-order chi connectivity index (χ1) is 11.2. The quantitative estimate of drug-likeness (QED) is 0.343. The zero-order chi connectivity index (χ0) is 16.9. The monoisotopic (exact) mass is 320 g/mol. The van der Waals surface area contributed by atoms with Crippen LogP contribution in [0.25, 0.3) is 0 Å². The normalized spacial score (nSPS) is 10.3. The van der Waals surface area contributed by atoms with Crippen LogP contribution in [-0.2, 0) is 20.7 Å². The summed E-state index contributed by atoms with van der Waals surface area (Å²) in [4.78, 5) is 23.4. The van der Waals surface area contributed by atoms with Crippen molar-refractivity contribution >= 4 is 11.9 Å². The molecular weight excluding hydrogens is 292 g/mol. The number of ether oxygens (including phenoxy) is 2. The van der Waals surface area contributed by atoms with Crippen LogP contribution in [0.2, 0.25) is 0 Å². The van der Waals surface area contributed by atoms with Crippen LogP contribution in [0.3, 0.4) is 0 Å².